The van der Waals surface area contributed by atoms with E-state index in [1.54, 1.807) is 0 Å². The van der Waals surface area contributed by atoms with Gasteiger partial charge in [0, 0.05) is 19.3 Å². The average molecular weight is 248 g/mol. The highest BCUT2D eigenvalue weighted by Gasteiger charge is 2.15. The second-order valence-electron chi connectivity index (χ2n) is 5.23. The number of aliphatic hydroxyl groups excluding tert-OH is 1. The van der Waals surface area contributed by atoms with Crippen LogP contribution in [-0.4, -0.2) is 23.2 Å². The molecule has 1 N–H and O–H groups in total. The number of hydrogen-bond acceptors (Lipinski definition) is 3. The Morgan fingerprint density at radius 2 is 1.94 bits per heavy atom. The molecule has 0 bridgehead atoms. The predicted molar refractivity (Wildman–Crippen MR) is 74.9 cm³/mol. The molecular formula is C15H24N2O. The van der Waals surface area contributed by atoms with Gasteiger partial charge < -0.3 is 10.0 Å². The lowest BCUT2D eigenvalue weighted by Crippen LogP contribution is -2.25. The Bertz CT molecular complexity index is 384. The summed E-state index contributed by atoms with van der Waals surface area (Å²) in [5.74, 6) is 1.10. The fraction of sp³-hybridized carbons (Fsp3) is 0.667. The Labute approximate surface area is 110 Å². The summed E-state index contributed by atoms with van der Waals surface area (Å²) in [7, 11) is 0. The first-order valence-corrected chi connectivity index (χ1v) is 7.12. The Kier molecular flexibility index (Phi) is 4.59. The van der Waals surface area contributed by atoms with Crippen LogP contribution in [0.3, 0.4) is 0 Å². The molecule has 1 aromatic rings. The van der Waals surface area contributed by atoms with Crippen LogP contribution in [0.4, 0.5) is 5.82 Å². The number of aliphatic hydroxyl groups is 1. The second-order valence-corrected chi connectivity index (χ2v) is 5.23. The van der Waals surface area contributed by atoms with Crippen molar-refractivity contribution < 1.29 is 5.11 Å². The molecule has 2 rings (SSSR count). The smallest absolute Gasteiger partial charge is 0.131 e. The summed E-state index contributed by atoms with van der Waals surface area (Å²) in [4.78, 5) is 6.97. The van der Waals surface area contributed by atoms with Crippen molar-refractivity contribution in [1.82, 2.24) is 4.98 Å². The third-order valence-corrected chi connectivity index (χ3v) is 3.75. The van der Waals surface area contributed by atoms with Crippen molar-refractivity contribution in [2.24, 2.45) is 0 Å². The number of aromatic nitrogens is 1. The zero-order valence-corrected chi connectivity index (χ0v) is 11.5. The lowest BCUT2D eigenvalue weighted by atomic mass is 10.1. The Morgan fingerprint density at radius 1 is 1.28 bits per heavy atom. The lowest BCUT2D eigenvalue weighted by molar-refractivity contribution is 0.173. The third-order valence-electron chi connectivity index (χ3n) is 3.75. The maximum Gasteiger partial charge on any atom is 0.131 e. The van der Waals surface area contributed by atoms with E-state index in [1.807, 2.05) is 13.1 Å². The molecule has 1 aliphatic heterocycles. The van der Waals surface area contributed by atoms with E-state index in [0.717, 1.165) is 30.9 Å². The van der Waals surface area contributed by atoms with Crippen molar-refractivity contribution in [1.29, 1.82) is 0 Å². The van der Waals surface area contributed by atoms with E-state index < -0.39 is 0 Å². The van der Waals surface area contributed by atoms with Gasteiger partial charge in [-0.15, -0.1) is 0 Å². The normalized spacial score (nSPS) is 18.5. The van der Waals surface area contributed by atoms with E-state index in [1.165, 1.54) is 31.2 Å². The number of pyridine rings is 1. The molecule has 0 saturated carbocycles. The van der Waals surface area contributed by atoms with Crippen molar-refractivity contribution in [2.45, 2.75) is 52.1 Å². The molecule has 2 heterocycles. The Balaban J connectivity index is 2.18. The summed E-state index contributed by atoms with van der Waals surface area (Å²) in [6.45, 7) is 6.31. The van der Waals surface area contributed by atoms with E-state index in [-0.39, 0.29) is 6.10 Å². The van der Waals surface area contributed by atoms with Crippen molar-refractivity contribution >= 4 is 5.82 Å². The minimum absolute atomic E-state index is 0.380. The summed E-state index contributed by atoms with van der Waals surface area (Å²) in [6.07, 6.45) is 7.39. The highest BCUT2D eigenvalue weighted by Crippen LogP contribution is 2.24. The van der Waals surface area contributed by atoms with Gasteiger partial charge in [0.2, 0.25) is 0 Å². The van der Waals surface area contributed by atoms with Crippen LogP contribution < -0.4 is 4.90 Å². The summed E-state index contributed by atoms with van der Waals surface area (Å²) >= 11 is 0. The zero-order valence-electron chi connectivity index (χ0n) is 11.5. The van der Waals surface area contributed by atoms with Crippen LogP contribution in [0.5, 0.6) is 0 Å². The molecule has 3 heteroatoms. The van der Waals surface area contributed by atoms with Crippen molar-refractivity contribution in [3.63, 3.8) is 0 Å². The summed E-state index contributed by atoms with van der Waals surface area (Å²) in [5, 5.41) is 9.85. The minimum atomic E-state index is -0.380. The molecule has 1 aromatic heterocycles. The fourth-order valence-electron chi connectivity index (χ4n) is 2.62. The fourth-order valence-corrected chi connectivity index (χ4v) is 2.62. The predicted octanol–water partition coefficient (Wildman–Crippen LogP) is 3.21. The largest absolute Gasteiger partial charge is 0.388 e. The molecule has 1 fully saturated rings. The van der Waals surface area contributed by atoms with Gasteiger partial charge in [-0.05, 0) is 43.4 Å². The van der Waals surface area contributed by atoms with Crippen LogP contribution in [0, 0.1) is 6.92 Å². The summed E-state index contributed by atoms with van der Waals surface area (Å²) < 4.78 is 0. The van der Waals surface area contributed by atoms with Crippen LogP contribution in [0.15, 0.2) is 12.3 Å². The van der Waals surface area contributed by atoms with Gasteiger partial charge in [-0.2, -0.15) is 0 Å². The Morgan fingerprint density at radius 3 is 2.50 bits per heavy atom. The molecule has 0 aromatic carbocycles. The molecule has 1 atom stereocenters. The highest BCUT2D eigenvalue weighted by atomic mass is 16.3. The van der Waals surface area contributed by atoms with Crippen LogP contribution in [-0.2, 0) is 0 Å². The maximum atomic E-state index is 9.85. The third kappa shape index (κ3) is 3.02. The number of hydrogen-bond donors (Lipinski definition) is 1. The molecule has 100 valence electrons. The number of anilines is 1. The van der Waals surface area contributed by atoms with Gasteiger partial charge in [0.15, 0.2) is 0 Å². The van der Waals surface area contributed by atoms with Crippen LogP contribution in [0.25, 0.3) is 0 Å². The van der Waals surface area contributed by atoms with Gasteiger partial charge >= 0.3 is 0 Å². The molecule has 1 aliphatic rings. The highest BCUT2D eigenvalue weighted by molar-refractivity contribution is 5.47. The van der Waals surface area contributed by atoms with Gasteiger partial charge in [-0.1, -0.05) is 19.8 Å². The van der Waals surface area contributed by atoms with Crippen molar-refractivity contribution in [3.05, 3.63) is 23.4 Å². The van der Waals surface area contributed by atoms with Crippen molar-refractivity contribution in [3.8, 4) is 0 Å². The van der Waals surface area contributed by atoms with E-state index in [2.05, 4.69) is 22.9 Å². The zero-order chi connectivity index (χ0) is 13.0. The molecule has 1 saturated heterocycles. The van der Waals surface area contributed by atoms with Gasteiger partial charge in [0.1, 0.15) is 5.82 Å². The monoisotopic (exact) mass is 248 g/mol. The van der Waals surface area contributed by atoms with E-state index in [4.69, 9.17) is 0 Å². The topological polar surface area (TPSA) is 36.4 Å². The van der Waals surface area contributed by atoms with Crippen LogP contribution in [0.1, 0.15) is 56.3 Å². The second kappa shape index (κ2) is 6.19. The molecule has 1 unspecified atom stereocenters. The molecular weight excluding hydrogens is 224 g/mol. The molecule has 3 nitrogen and oxygen atoms in total. The molecule has 0 aliphatic carbocycles. The number of rotatable bonds is 3. The maximum absolute atomic E-state index is 9.85. The number of nitrogens with zero attached hydrogens (tertiary/aromatic N) is 2. The average Bonchev–Trinajstić information content (AvgIpc) is 2.66. The molecule has 18 heavy (non-hydrogen) atoms. The van der Waals surface area contributed by atoms with Crippen LogP contribution >= 0.6 is 0 Å². The number of aryl methyl sites for hydroxylation is 1. The van der Waals surface area contributed by atoms with E-state index in [0.29, 0.717) is 0 Å². The molecule has 0 amide bonds. The van der Waals surface area contributed by atoms with E-state index in [9.17, 15) is 5.11 Å². The summed E-state index contributed by atoms with van der Waals surface area (Å²) in [5.41, 5.74) is 2.12. The van der Waals surface area contributed by atoms with E-state index >= 15 is 0 Å². The van der Waals surface area contributed by atoms with Gasteiger partial charge in [0.25, 0.3) is 0 Å². The SMILES string of the molecule is CCC(O)c1cnc(N2CCCCCC2)c(C)c1. The molecule has 0 radical (unpaired) electrons. The minimum Gasteiger partial charge on any atom is -0.388 e. The summed E-state index contributed by atoms with van der Waals surface area (Å²) in [6, 6.07) is 2.08. The first-order valence-electron chi connectivity index (χ1n) is 7.12. The van der Waals surface area contributed by atoms with Gasteiger partial charge in [0.05, 0.1) is 6.10 Å². The molecule has 0 spiro atoms. The van der Waals surface area contributed by atoms with Gasteiger partial charge in [-0.25, -0.2) is 4.98 Å². The van der Waals surface area contributed by atoms with Gasteiger partial charge in [-0.3, -0.25) is 0 Å². The first-order chi connectivity index (χ1) is 8.72. The quantitative estimate of drug-likeness (QED) is 0.892. The lowest BCUT2D eigenvalue weighted by Gasteiger charge is -2.24. The Hall–Kier alpha value is -1.09. The van der Waals surface area contributed by atoms with Crippen LogP contribution in [0.2, 0.25) is 0 Å². The first kappa shape index (κ1) is 13.3. The standard InChI is InChI=1S/C15H24N2O/c1-3-14(18)13-10-12(2)15(16-11-13)17-8-6-4-5-7-9-17/h10-11,14,18H,3-9H2,1-2H3. The van der Waals surface area contributed by atoms with Crippen molar-refractivity contribution in [2.75, 3.05) is 18.0 Å².